The minimum atomic E-state index is -3.57. The molecule has 0 unspecified atom stereocenters. The van der Waals surface area contributed by atoms with Gasteiger partial charge in [0.15, 0.2) is 5.65 Å². The molecule has 1 fully saturated rings. The lowest BCUT2D eigenvalue weighted by Gasteiger charge is -2.23. The highest BCUT2D eigenvalue weighted by Gasteiger charge is 2.27. The average Bonchev–Trinajstić information content (AvgIpc) is 3.16. The normalized spacial score (nSPS) is 15.0. The van der Waals surface area contributed by atoms with E-state index in [0.717, 1.165) is 39.4 Å². The Morgan fingerprint density at radius 2 is 1.49 bits per heavy atom. The number of benzene rings is 3. The van der Waals surface area contributed by atoms with Crippen LogP contribution in [0.3, 0.4) is 0 Å². The Morgan fingerprint density at radius 1 is 0.805 bits per heavy atom. The van der Waals surface area contributed by atoms with Gasteiger partial charge >= 0.3 is 0 Å². The number of para-hydroxylation sites is 1. The van der Waals surface area contributed by atoms with E-state index in [0.29, 0.717) is 44.8 Å². The average molecular weight is 565 g/mol. The molecule has 1 aliphatic heterocycles. The van der Waals surface area contributed by atoms with Crippen LogP contribution in [0.2, 0.25) is 0 Å². The highest BCUT2D eigenvalue weighted by molar-refractivity contribution is 7.92. The molecule has 1 saturated heterocycles. The van der Waals surface area contributed by atoms with Crippen molar-refractivity contribution in [3.05, 3.63) is 119 Å². The second-order valence-electron chi connectivity index (χ2n) is 10.2. The largest absolute Gasteiger partial charge is 0.355 e. The van der Waals surface area contributed by atoms with E-state index >= 15 is 0 Å². The maximum atomic E-state index is 13.2. The van der Waals surface area contributed by atoms with E-state index < -0.39 is 10.0 Å². The van der Waals surface area contributed by atoms with E-state index in [1.165, 1.54) is 5.41 Å². The van der Waals surface area contributed by atoms with Crippen LogP contribution in [0.5, 0.6) is 0 Å². The van der Waals surface area contributed by atoms with Gasteiger partial charge in [-0.15, -0.1) is 0 Å². The molecule has 0 N–H and O–H groups in total. The number of rotatable bonds is 7. The zero-order chi connectivity index (χ0) is 28.2. The molecular weight excluding hydrogens is 532 g/mol. The number of hydrogen-bond donors (Lipinski definition) is 0. The predicted octanol–water partition coefficient (Wildman–Crippen LogP) is 5.23. The maximum Gasteiger partial charge on any atom is 0.236 e. The molecule has 0 bridgehead atoms. The van der Waals surface area contributed by atoms with Crippen LogP contribution in [0.25, 0.3) is 22.8 Å². The minimum absolute atomic E-state index is 0.368. The van der Waals surface area contributed by atoms with Crippen LogP contribution < -0.4 is 4.90 Å². The van der Waals surface area contributed by atoms with Crippen molar-refractivity contribution in [2.75, 3.05) is 31.1 Å². The third-order valence-electron chi connectivity index (χ3n) is 7.28. The summed E-state index contributed by atoms with van der Waals surface area (Å²) in [6.07, 6.45) is 2.92. The van der Waals surface area contributed by atoms with E-state index in [-0.39, 0.29) is 0 Å². The molecule has 208 valence electrons. The SMILES string of the molecule is Cc1nn(-c2ccccc2)c2nc(Cc3ccccc3)nc(N3CCCN(S(=O)(=O)/C=C/c4ccccc4)CC3)c12. The molecule has 0 aliphatic carbocycles. The summed E-state index contributed by atoms with van der Waals surface area (Å²) in [7, 11) is -3.57. The molecule has 0 saturated carbocycles. The highest BCUT2D eigenvalue weighted by atomic mass is 32.2. The molecule has 0 spiro atoms. The first-order valence-corrected chi connectivity index (χ1v) is 15.3. The Balaban J connectivity index is 1.34. The molecule has 0 atom stereocenters. The lowest BCUT2D eigenvalue weighted by atomic mass is 10.1. The Bertz CT molecular complexity index is 1770. The molecular formula is C32H32N6O2S. The van der Waals surface area contributed by atoms with Crippen molar-refractivity contribution in [1.82, 2.24) is 24.1 Å². The summed E-state index contributed by atoms with van der Waals surface area (Å²) in [5.74, 6) is 1.51. The van der Waals surface area contributed by atoms with Crippen LogP contribution in [0.15, 0.2) is 96.4 Å². The van der Waals surface area contributed by atoms with Crippen molar-refractivity contribution < 1.29 is 8.42 Å². The molecule has 6 rings (SSSR count). The summed E-state index contributed by atoms with van der Waals surface area (Å²) in [4.78, 5) is 12.3. The van der Waals surface area contributed by atoms with Crippen LogP contribution in [-0.4, -0.2) is 58.7 Å². The maximum absolute atomic E-state index is 13.2. The van der Waals surface area contributed by atoms with Crippen molar-refractivity contribution >= 4 is 33.0 Å². The van der Waals surface area contributed by atoms with Gasteiger partial charge in [-0.25, -0.2) is 23.1 Å². The standard InChI is InChI=1S/C32H32N6O2S/c1-25-30-31(36-19-11-20-37(22-21-36)41(39,40)23-18-26-12-5-2-6-13-26)33-29(24-27-14-7-3-8-15-27)34-32(30)38(35-25)28-16-9-4-10-17-28/h2-10,12-18,23H,11,19-22,24H2,1H3/b23-18+. The fraction of sp³-hybridized carbons (Fsp3) is 0.219. The van der Waals surface area contributed by atoms with Crippen molar-refractivity contribution in [2.45, 2.75) is 19.8 Å². The van der Waals surface area contributed by atoms with Gasteiger partial charge in [0.1, 0.15) is 11.6 Å². The van der Waals surface area contributed by atoms with E-state index in [4.69, 9.17) is 15.1 Å². The first-order chi connectivity index (χ1) is 20.0. The third kappa shape index (κ3) is 5.91. The summed E-state index contributed by atoms with van der Waals surface area (Å²) < 4.78 is 29.9. The van der Waals surface area contributed by atoms with Gasteiger partial charge in [0.05, 0.1) is 16.8 Å². The van der Waals surface area contributed by atoms with Gasteiger partial charge in [0.2, 0.25) is 10.0 Å². The Morgan fingerprint density at radius 3 is 2.22 bits per heavy atom. The lowest BCUT2D eigenvalue weighted by Crippen LogP contribution is -2.34. The van der Waals surface area contributed by atoms with Gasteiger partial charge in [-0.2, -0.15) is 9.40 Å². The zero-order valence-electron chi connectivity index (χ0n) is 23.0. The van der Waals surface area contributed by atoms with Gasteiger partial charge < -0.3 is 4.90 Å². The molecule has 0 amide bonds. The number of aryl methyl sites for hydroxylation is 1. The fourth-order valence-corrected chi connectivity index (χ4v) is 6.44. The minimum Gasteiger partial charge on any atom is -0.355 e. The molecule has 5 aromatic rings. The Kier molecular flexibility index (Phi) is 7.63. The zero-order valence-corrected chi connectivity index (χ0v) is 23.8. The number of fused-ring (bicyclic) bond motifs is 1. The smallest absolute Gasteiger partial charge is 0.236 e. The van der Waals surface area contributed by atoms with Gasteiger partial charge in [0.25, 0.3) is 0 Å². The lowest BCUT2D eigenvalue weighted by molar-refractivity contribution is 0.440. The number of aromatic nitrogens is 4. The Labute approximate surface area is 240 Å². The van der Waals surface area contributed by atoms with Gasteiger partial charge in [-0.1, -0.05) is 78.9 Å². The van der Waals surface area contributed by atoms with Crippen molar-refractivity contribution in [1.29, 1.82) is 0 Å². The number of nitrogens with zero attached hydrogens (tertiary/aromatic N) is 6. The van der Waals surface area contributed by atoms with E-state index in [2.05, 4.69) is 17.0 Å². The molecule has 41 heavy (non-hydrogen) atoms. The van der Waals surface area contributed by atoms with Crippen LogP contribution in [-0.2, 0) is 16.4 Å². The van der Waals surface area contributed by atoms with Crippen molar-refractivity contribution in [3.8, 4) is 5.69 Å². The monoisotopic (exact) mass is 564 g/mol. The first-order valence-electron chi connectivity index (χ1n) is 13.8. The van der Waals surface area contributed by atoms with Crippen LogP contribution in [0, 0.1) is 6.92 Å². The molecule has 9 heteroatoms. The van der Waals surface area contributed by atoms with Gasteiger partial charge in [0, 0.05) is 38.0 Å². The van der Waals surface area contributed by atoms with E-state index in [9.17, 15) is 8.42 Å². The molecule has 8 nitrogen and oxygen atoms in total. The fourth-order valence-electron chi connectivity index (χ4n) is 5.22. The topological polar surface area (TPSA) is 84.2 Å². The molecule has 3 aromatic carbocycles. The predicted molar refractivity (Wildman–Crippen MR) is 163 cm³/mol. The van der Waals surface area contributed by atoms with E-state index in [1.54, 1.807) is 10.4 Å². The molecule has 2 aromatic heterocycles. The van der Waals surface area contributed by atoms with Gasteiger partial charge in [-0.3, -0.25) is 0 Å². The molecule has 0 radical (unpaired) electrons. The van der Waals surface area contributed by atoms with Crippen LogP contribution in [0.1, 0.15) is 29.1 Å². The number of sulfonamides is 1. The summed E-state index contributed by atoms with van der Waals surface area (Å²) in [6, 6.07) is 29.7. The number of anilines is 1. The summed E-state index contributed by atoms with van der Waals surface area (Å²) >= 11 is 0. The first kappa shape index (κ1) is 26.9. The van der Waals surface area contributed by atoms with Crippen LogP contribution >= 0.6 is 0 Å². The van der Waals surface area contributed by atoms with Crippen molar-refractivity contribution in [2.24, 2.45) is 0 Å². The van der Waals surface area contributed by atoms with Crippen LogP contribution in [0.4, 0.5) is 5.82 Å². The second kappa shape index (κ2) is 11.6. The number of hydrogen-bond acceptors (Lipinski definition) is 6. The molecule has 3 heterocycles. The summed E-state index contributed by atoms with van der Waals surface area (Å²) in [5, 5.41) is 7.07. The third-order valence-corrected chi connectivity index (χ3v) is 8.85. The quantitative estimate of drug-likeness (QED) is 0.269. The summed E-state index contributed by atoms with van der Waals surface area (Å²) in [6.45, 7) is 4.00. The van der Waals surface area contributed by atoms with E-state index in [1.807, 2.05) is 90.5 Å². The van der Waals surface area contributed by atoms with Crippen molar-refractivity contribution in [3.63, 3.8) is 0 Å². The summed E-state index contributed by atoms with van der Waals surface area (Å²) in [5.41, 5.74) is 4.50. The Hall–Kier alpha value is -4.34. The molecule has 1 aliphatic rings. The highest BCUT2D eigenvalue weighted by Crippen LogP contribution is 2.30. The van der Waals surface area contributed by atoms with Gasteiger partial charge in [-0.05, 0) is 42.7 Å². The second-order valence-corrected chi connectivity index (χ2v) is 12.0.